The molecule has 4 nitrogen and oxygen atoms in total. The Morgan fingerprint density at radius 2 is 1.61 bits per heavy atom. The number of allylic oxidation sites excluding steroid dienone is 7. The number of nitrogens with one attached hydrogen (secondary N) is 1. The standard InChI is InChI=1S/C34H42N2O2.C8H16.C5H12/c1-8-12-25(13-9-2)33-29(10-3)35-30-20-27(31-22(5)16-21(4)17-23(31)6)18-24(7)32(30)34(33)26-14-11-15-28(19-26)36(37)38;1-8(2,3)7-5-4-6-7;1-3-5-4-2/h11-12,14-17,19,27,34-35H,7-10,13,18,20H2,1-6H3;7H,4-6H2,1-3H3;3-5H2,1-2H3. The van der Waals surface area contributed by atoms with Crippen molar-refractivity contribution in [1.82, 2.24) is 5.32 Å². The molecule has 4 heteroatoms. The Kier molecular flexibility index (Phi) is 16.0. The quantitative estimate of drug-likeness (QED) is 0.199. The van der Waals surface area contributed by atoms with Crippen LogP contribution < -0.4 is 5.32 Å². The lowest BCUT2D eigenvalue weighted by atomic mass is 9.68. The molecule has 2 atom stereocenters. The summed E-state index contributed by atoms with van der Waals surface area (Å²) in [5.74, 6) is 1.34. The van der Waals surface area contributed by atoms with E-state index in [4.69, 9.17) is 0 Å². The highest BCUT2D eigenvalue weighted by atomic mass is 16.6. The van der Waals surface area contributed by atoms with Gasteiger partial charge in [-0.25, -0.2) is 0 Å². The van der Waals surface area contributed by atoms with Gasteiger partial charge in [-0.3, -0.25) is 10.1 Å². The van der Waals surface area contributed by atoms with Gasteiger partial charge in [0.1, 0.15) is 0 Å². The van der Waals surface area contributed by atoms with Crippen molar-refractivity contribution in [3.05, 3.63) is 121 Å². The van der Waals surface area contributed by atoms with E-state index in [9.17, 15) is 10.1 Å². The number of nitrogens with zero attached hydrogens (tertiary/aromatic N) is 1. The monoisotopic (exact) mass is 695 g/mol. The summed E-state index contributed by atoms with van der Waals surface area (Å²) in [5, 5.41) is 15.6. The summed E-state index contributed by atoms with van der Waals surface area (Å²) in [4.78, 5) is 11.5. The SMILES string of the molecule is C=C1CC(c2c(C)cc(C)cc2C)CC2=C1C(c1cccc([N+](=O)[O-])c1)C(C(=CCC)CCC)=C(CC)N2.CC(C)(C)C1CCC1.CCCCC. The third-order valence-electron chi connectivity index (χ3n) is 11.1. The van der Waals surface area contributed by atoms with E-state index in [0.717, 1.165) is 55.6 Å². The van der Waals surface area contributed by atoms with Gasteiger partial charge in [-0.15, -0.1) is 0 Å². The molecule has 0 bridgehead atoms. The van der Waals surface area contributed by atoms with Gasteiger partial charge in [0.25, 0.3) is 5.69 Å². The second-order valence-corrected chi connectivity index (χ2v) is 16.3. The van der Waals surface area contributed by atoms with Crippen LogP contribution in [-0.2, 0) is 0 Å². The van der Waals surface area contributed by atoms with E-state index >= 15 is 0 Å². The summed E-state index contributed by atoms with van der Waals surface area (Å²) in [6.07, 6.45) is 16.5. The van der Waals surface area contributed by atoms with Crippen LogP contribution >= 0.6 is 0 Å². The highest BCUT2D eigenvalue weighted by Crippen LogP contribution is 2.52. The maximum Gasteiger partial charge on any atom is 0.269 e. The fraction of sp³-hybridized carbons (Fsp3) is 0.574. The average Bonchev–Trinajstić information content (AvgIpc) is 3.02. The number of aryl methyl sites for hydroxylation is 3. The predicted molar refractivity (Wildman–Crippen MR) is 220 cm³/mol. The zero-order valence-corrected chi connectivity index (χ0v) is 34.2. The number of rotatable bonds is 10. The number of non-ortho nitro benzene ring substituents is 1. The van der Waals surface area contributed by atoms with Crippen molar-refractivity contribution in [3.8, 4) is 0 Å². The number of nitro groups is 1. The third-order valence-corrected chi connectivity index (χ3v) is 11.1. The highest BCUT2D eigenvalue weighted by molar-refractivity contribution is 5.61. The Morgan fingerprint density at radius 1 is 0.961 bits per heavy atom. The Bertz CT molecular complexity index is 1570. The normalized spacial score (nSPS) is 19.3. The fourth-order valence-electron chi connectivity index (χ4n) is 8.45. The summed E-state index contributed by atoms with van der Waals surface area (Å²) < 4.78 is 0. The lowest BCUT2D eigenvalue weighted by Gasteiger charge is -2.41. The van der Waals surface area contributed by atoms with Gasteiger partial charge in [-0.2, -0.15) is 0 Å². The number of dihydropyridines is 1. The minimum atomic E-state index is -0.284. The highest BCUT2D eigenvalue weighted by Gasteiger charge is 2.38. The molecule has 0 amide bonds. The minimum Gasteiger partial charge on any atom is -0.362 e. The first-order valence-corrected chi connectivity index (χ1v) is 20.1. The molecule has 2 aromatic rings. The van der Waals surface area contributed by atoms with E-state index in [0.29, 0.717) is 11.3 Å². The molecule has 1 N–H and O–H groups in total. The van der Waals surface area contributed by atoms with Crippen molar-refractivity contribution in [1.29, 1.82) is 0 Å². The molecule has 2 unspecified atom stereocenters. The first-order valence-electron chi connectivity index (χ1n) is 20.1. The number of hydrogen-bond acceptors (Lipinski definition) is 3. The molecule has 1 heterocycles. The van der Waals surface area contributed by atoms with Crippen molar-refractivity contribution in [3.63, 3.8) is 0 Å². The average molecular weight is 695 g/mol. The maximum absolute atomic E-state index is 11.8. The summed E-state index contributed by atoms with van der Waals surface area (Å²) in [6.45, 7) is 29.3. The van der Waals surface area contributed by atoms with Crippen molar-refractivity contribution in [2.75, 3.05) is 0 Å². The van der Waals surface area contributed by atoms with Crippen molar-refractivity contribution in [2.45, 2.75) is 165 Å². The van der Waals surface area contributed by atoms with Crippen LogP contribution in [-0.4, -0.2) is 4.92 Å². The molecular weight excluding hydrogens is 625 g/mol. The van der Waals surface area contributed by atoms with E-state index in [1.165, 1.54) is 88.9 Å². The van der Waals surface area contributed by atoms with E-state index in [2.05, 4.69) is 112 Å². The van der Waals surface area contributed by atoms with Gasteiger partial charge in [-0.05, 0) is 128 Å². The number of hydrogen-bond donors (Lipinski definition) is 1. The Labute approximate surface area is 312 Å². The largest absolute Gasteiger partial charge is 0.362 e. The molecule has 3 aliphatic rings. The molecule has 5 rings (SSSR count). The summed E-state index contributed by atoms with van der Waals surface area (Å²) in [6, 6.07) is 11.8. The van der Waals surface area contributed by atoms with Gasteiger partial charge in [0.05, 0.1) is 4.92 Å². The summed E-state index contributed by atoms with van der Waals surface area (Å²) in [7, 11) is 0. The second-order valence-electron chi connectivity index (χ2n) is 16.3. The molecule has 280 valence electrons. The molecule has 2 aromatic carbocycles. The molecule has 0 aromatic heterocycles. The molecule has 1 saturated carbocycles. The smallest absolute Gasteiger partial charge is 0.269 e. The Balaban J connectivity index is 0.000000454. The molecule has 0 radical (unpaired) electrons. The lowest BCUT2D eigenvalue weighted by molar-refractivity contribution is -0.384. The topological polar surface area (TPSA) is 55.2 Å². The van der Waals surface area contributed by atoms with Crippen molar-refractivity contribution in [2.24, 2.45) is 11.3 Å². The van der Waals surface area contributed by atoms with E-state index in [-0.39, 0.29) is 16.5 Å². The van der Waals surface area contributed by atoms with Crippen LogP contribution in [0.25, 0.3) is 0 Å². The van der Waals surface area contributed by atoms with Crippen LogP contribution in [0.1, 0.15) is 172 Å². The maximum atomic E-state index is 11.8. The zero-order valence-electron chi connectivity index (χ0n) is 34.2. The van der Waals surface area contributed by atoms with E-state index in [1.54, 1.807) is 12.1 Å². The van der Waals surface area contributed by atoms with Crippen LogP contribution in [0, 0.1) is 42.2 Å². The minimum absolute atomic E-state index is 0.0564. The number of nitro benzene ring substituents is 1. The van der Waals surface area contributed by atoms with Gasteiger partial charge in [-0.1, -0.05) is 130 Å². The van der Waals surface area contributed by atoms with Gasteiger partial charge in [0, 0.05) is 29.4 Å². The third kappa shape index (κ3) is 10.8. The van der Waals surface area contributed by atoms with Gasteiger partial charge >= 0.3 is 0 Å². The Hall–Kier alpha value is -3.40. The molecule has 1 aliphatic heterocycles. The molecule has 0 saturated heterocycles. The first kappa shape index (κ1) is 42.0. The molecule has 2 aliphatic carbocycles. The van der Waals surface area contributed by atoms with Crippen LogP contribution in [0.5, 0.6) is 0 Å². The van der Waals surface area contributed by atoms with Crippen LogP contribution in [0.15, 0.2) is 82.7 Å². The zero-order chi connectivity index (χ0) is 37.9. The predicted octanol–water partition coefficient (Wildman–Crippen LogP) is 14.4. The van der Waals surface area contributed by atoms with Gasteiger partial charge in [0.15, 0.2) is 0 Å². The number of unbranched alkanes of at least 4 members (excludes halogenated alkanes) is 2. The number of benzene rings is 2. The summed E-state index contributed by atoms with van der Waals surface area (Å²) in [5.41, 5.74) is 14.6. The van der Waals surface area contributed by atoms with E-state index < -0.39 is 0 Å². The van der Waals surface area contributed by atoms with Gasteiger partial charge in [0.2, 0.25) is 0 Å². The second kappa shape index (κ2) is 19.4. The molecule has 1 fully saturated rings. The van der Waals surface area contributed by atoms with Crippen LogP contribution in [0.4, 0.5) is 5.69 Å². The van der Waals surface area contributed by atoms with E-state index in [1.807, 2.05) is 6.07 Å². The van der Waals surface area contributed by atoms with Crippen LogP contribution in [0.3, 0.4) is 0 Å². The molecule has 0 spiro atoms. The first-order chi connectivity index (χ1) is 24.2. The Morgan fingerprint density at radius 3 is 2.06 bits per heavy atom. The van der Waals surface area contributed by atoms with Crippen molar-refractivity contribution < 1.29 is 4.92 Å². The van der Waals surface area contributed by atoms with Crippen LogP contribution in [0.2, 0.25) is 0 Å². The van der Waals surface area contributed by atoms with Gasteiger partial charge < -0.3 is 5.32 Å². The lowest BCUT2D eigenvalue weighted by Crippen LogP contribution is -2.32. The summed E-state index contributed by atoms with van der Waals surface area (Å²) >= 11 is 0. The fourth-order valence-corrected chi connectivity index (χ4v) is 8.45. The van der Waals surface area contributed by atoms with Crippen molar-refractivity contribution >= 4 is 5.69 Å². The molecule has 51 heavy (non-hydrogen) atoms. The molecular formula is C47H70N2O2.